The van der Waals surface area contributed by atoms with E-state index in [1.165, 1.54) is 39.5 Å². The van der Waals surface area contributed by atoms with E-state index in [0.29, 0.717) is 56.4 Å². The van der Waals surface area contributed by atoms with Gasteiger partial charge in [0.1, 0.15) is 22.7 Å². The van der Waals surface area contributed by atoms with Crippen molar-refractivity contribution in [2.45, 2.75) is 6.92 Å². The van der Waals surface area contributed by atoms with Crippen molar-refractivity contribution in [2.75, 3.05) is 21.3 Å². The Balaban J connectivity index is 1.59. The number of aryl methyl sites for hydroxylation is 1. The van der Waals surface area contributed by atoms with Gasteiger partial charge in [-0.1, -0.05) is 18.2 Å². The second kappa shape index (κ2) is 9.14. The van der Waals surface area contributed by atoms with E-state index < -0.39 is 11.6 Å². The number of rotatable bonds is 6. The third-order valence-electron chi connectivity index (χ3n) is 5.83. The van der Waals surface area contributed by atoms with Crippen molar-refractivity contribution in [3.63, 3.8) is 0 Å². The van der Waals surface area contributed by atoms with Gasteiger partial charge in [0.05, 0.1) is 26.9 Å². The molecule has 0 unspecified atom stereocenters. The molecule has 0 amide bonds. The maximum Gasteiger partial charge on any atom is 0.343 e. The number of hydrogen-bond donors (Lipinski definition) is 0. The molecule has 2 aromatic heterocycles. The molecule has 8 heteroatoms. The summed E-state index contributed by atoms with van der Waals surface area (Å²) in [7, 11) is 4.41. The SMILES string of the molecule is COc1cc(C(=O)Oc2cc3c(-c4cc5ccccc5o4)cc(=O)oc3cc2C)cc(OC)c1OC. The zero-order valence-electron chi connectivity index (χ0n) is 20.0. The van der Waals surface area contributed by atoms with Crippen LogP contribution in [0.5, 0.6) is 23.0 Å². The highest BCUT2D eigenvalue weighted by Crippen LogP contribution is 2.39. The zero-order valence-corrected chi connectivity index (χ0v) is 20.0. The van der Waals surface area contributed by atoms with E-state index in [9.17, 15) is 9.59 Å². The summed E-state index contributed by atoms with van der Waals surface area (Å²) in [5.41, 5.74) is 1.87. The van der Waals surface area contributed by atoms with Gasteiger partial charge in [0, 0.05) is 22.4 Å². The highest BCUT2D eigenvalue weighted by atomic mass is 16.5. The third kappa shape index (κ3) is 4.02. The van der Waals surface area contributed by atoms with Gasteiger partial charge in [0.15, 0.2) is 11.5 Å². The lowest BCUT2D eigenvalue weighted by Crippen LogP contribution is -2.10. The summed E-state index contributed by atoms with van der Waals surface area (Å²) in [6.07, 6.45) is 0. The van der Waals surface area contributed by atoms with Gasteiger partial charge in [-0.15, -0.1) is 0 Å². The van der Waals surface area contributed by atoms with Crippen LogP contribution in [0.4, 0.5) is 0 Å². The molecular formula is C28H22O8. The predicted molar refractivity (Wildman–Crippen MR) is 133 cm³/mol. The largest absolute Gasteiger partial charge is 0.493 e. The Morgan fingerprint density at radius 2 is 1.50 bits per heavy atom. The summed E-state index contributed by atoms with van der Waals surface area (Å²) in [6.45, 7) is 1.76. The average molecular weight is 486 g/mol. The summed E-state index contributed by atoms with van der Waals surface area (Å²) in [4.78, 5) is 25.4. The molecule has 8 nitrogen and oxygen atoms in total. The van der Waals surface area contributed by atoms with Crippen LogP contribution in [0.1, 0.15) is 15.9 Å². The number of methoxy groups -OCH3 is 3. The van der Waals surface area contributed by atoms with Crippen molar-refractivity contribution in [1.82, 2.24) is 0 Å². The molecule has 0 saturated heterocycles. The minimum atomic E-state index is -0.626. The molecule has 0 saturated carbocycles. The van der Waals surface area contributed by atoms with E-state index in [0.717, 1.165) is 5.39 Å². The molecule has 0 N–H and O–H groups in total. The van der Waals surface area contributed by atoms with Crippen molar-refractivity contribution in [3.8, 4) is 34.3 Å². The van der Waals surface area contributed by atoms with Crippen LogP contribution in [-0.4, -0.2) is 27.3 Å². The van der Waals surface area contributed by atoms with Crippen molar-refractivity contribution in [2.24, 2.45) is 0 Å². The standard InChI is InChI=1S/C28H22O8/c1-15-9-22-18(19(14-26(29)35-22)23-10-16-7-5-6-8-20(16)34-23)13-21(15)36-28(30)17-11-24(31-2)27(33-4)25(12-17)32-3/h5-14H,1-4H3. The van der Waals surface area contributed by atoms with Crippen LogP contribution in [0, 0.1) is 6.92 Å². The van der Waals surface area contributed by atoms with E-state index >= 15 is 0 Å². The first-order chi connectivity index (χ1) is 17.4. The van der Waals surface area contributed by atoms with Gasteiger partial charge in [-0.2, -0.15) is 0 Å². The minimum Gasteiger partial charge on any atom is -0.493 e. The second-order valence-corrected chi connectivity index (χ2v) is 8.04. The van der Waals surface area contributed by atoms with Crippen molar-refractivity contribution < 1.29 is 32.6 Å². The maximum atomic E-state index is 13.1. The highest BCUT2D eigenvalue weighted by Gasteiger charge is 2.20. The molecule has 0 atom stereocenters. The van der Waals surface area contributed by atoms with E-state index in [-0.39, 0.29) is 5.56 Å². The first-order valence-electron chi connectivity index (χ1n) is 11.0. The third-order valence-corrected chi connectivity index (χ3v) is 5.83. The minimum absolute atomic E-state index is 0.209. The first kappa shape index (κ1) is 23.0. The van der Waals surface area contributed by atoms with Crippen molar-refractivity contribution >= 4 is 27.9 Å². The summed E-state index contributed by atoms with van der Waals surface area (Å²) in [5.74, 6) is 1.19. The fraction of sp³-hybridized carbons (Fsp3) is 0.143. The van der Waals surface area contributed by atoms with Crippen LogP contribution in [-0.2, 0) is 0 Å². The lowest BCUT2D eigenvalue weighted by molar-refractivity contribution is 0.0732. The molecule has 3 aromatic carbocycles. The second-order valence-electron chi connectivity index (χ2n) is 8.04. The molecule has 36 heavy (non-hydrogen) atoms. The topological polar surface area (TPSA) is 97.3 Å². The molecule has 182 valence electrons. The normalized spacial score (nSPS) is 11.0. The van der Waals surface area contributed by atoms with E-state index in [2.05, 4.69) is 0 Å². The average Bonchev–Trinajstić information content (AvgIpc) is 3.32. The summed E-state index contributed by atoms with van der Waals surface area (Å²) in [5, 5.41) is 1.46. The Morgan fingerprint density at radius 1 is 0.778 bits per heavy atom. The molecule has 2 heterocycles. The van der Waals surface area contributed by atoms with Crippen LogP contribution in [0.2, 0.25) is 0 Å². The van der Waals surface area contributed by atoms with E-state index in [1.54, 1.807) is 19.1 Å². The van der Waals surface area contributed by atoms with Gasteiger partial charge < -0.3 is 27.8 Å². The molecule has 0 aliphatic heterocycles. The summed E-state index contributed by atoms with van der Waals surface area (Å²) >= 11 is 0. The highest BCUT2D eigenvalue weighted by molar-refractivity contribution is 5.97. The van der Waals surface area contributed by atoms with Crippen molar-refractivity contribution in [3.05, 3.63) is 82.2 Å². The van der Waals surface area contributed by atoms with Crippen LogP contribution >= 0.6 is 0 Å². The molecular weight excluding hydrogens is 464 g/mol. The van der Waals surface area contributed by atoms with Crippen LogP contribution < -0.4 is 24.6 Å². The molecule has 0 bridgehead atoms. The smallest absolute Gasteiger partial charge is 0.343 e. The predicted octanol–water partition coefficient (Wildman–Crippen LogP) is 5.76. The number of carbonyl (C=O) groups excluding carboxylic acids is 1. The maximum absolute atomic E-state index is 13.1. The number of carbonyl (C=O) groups is 1. The Kier molecular flexibility index (Phi) is 5.85. The number of para-hydroxylation sites is 1. The summed E-state index contributed by atoms with van der Waals surface area (Å²) in [6, 6.07) is 17.1. The van der Waals surface area contributed by atoms with E-state index in [1.807, 2.05) is 30.3 Å². The van der Waals surface area contributed by atoms with Crippen LogP contribution in [0.3, 0.4) is 0 Å². The fourth-order valence-electron chi connectivity index (χ4n) is 4.08. The molecule has 0 fully saturated rings. The number of furan rings is 1. The zero-order chi connectivity index (χ0) is 25.4. The summed E-state index contributed by atoms with van der Waals surface area (Å²) < 4.78 is 33.1. The van der Waals surface area contributed by atoms with Gasteiger partial charge in [0.25, 0.3) is 0 Å². The number of ether oxygens (including phenoxy) is 4. The van der Waals surface area contributed by atoms with E-state index in [4.69, 9.17) is 27.8 Å². The fourth-order valence-corrected chi connectivity index (χ4v) is 4.08. The van der Waals surface area contributed by atoms with Gasteiger partial charge in [-0.25, -0.2) is 9.59 Å². The lowest BCUT2D eigenvalue weighted by atomic mass is 10.0. The lowest BCUT2D eigenvalue weighted by Gasteiger charge is -2.14. The quantitative estimate of drug-likeness (QED) is 0.170. The Hall–Kier alpha value is -4.72. The van der Waals surface area contributed by atoms with Gasteiger partial charge in [0.2, 0.25) is 5.75 Å². The molecule has 0 aliphatic carbocycles. The van der Waals surface area contributed by atoms with Crippen LogP contribution in [0.15, 0.2) is 74.3 Å². The Bertz CT molecular complexity index is 1620. The molecule has 5 rings (SSSR count). The Morgan fingerprint density at radius 3 is 2.17 bits per heavy atom. The van der Waals surface area contributed by atoms with Gasteiger partial charge in [-0.05, 0) is 48.9 Å². The van der Waals surface area contributed by atoms with Crippen molar-refractivity contribution in [1.29, 1.82) is 0 Å². The first-order valence-corrected chi connectivity index (χ1v) is 11.0. The Labute approximate surface area is 205 Å². The number of esters is 1. The molecule has 5 aromatic rings. The van der Waals surface area contributed by atoms with Gasteiger partial charge in [-0.3, -0.25) is 0 Å². The van der Waals surface area contributed by atoms with Gasteiger partial charge >= 0.3 is 11.6 Å². The number of hydrogen-bond acceptors (Lipinski definition) is 8. The monoisotopic (exact) mass is 486 g/mol. The molecule has 0 spiro atoms. The number of benzene rings is 3. The number of fused-ring (bicyclic) bond motifs is 2. The van der Waals surface area contributed by atoms with Crippen LogP contribution in [0.25, 0.3) is 33.3 Å². The molecule has 0 radical (unpaired) electrons. The molecule has 0 aliphatic rings.